The number of hydrogen-bond acceptors (Lipinski definition) is 4. The first-order chi connectivity index (χ1) is 11.3. The number of ether oxygens (including phenoxy) is 1. The molecule has 2 aromatic heterocycles. The minimum atomic E-state index is -0.418. The summed E-state index contributed by atoms with van der Waals surface area (Å²) >= 11 is 0. The van der Waals surface area contributed by atoms with Crippen molar-refractivity contribution in [1.29, 1.82) is 0 Å². The molecule has 0 atom stereocenters. The van der Waals surface area contributed by atoms with E-state index in [1.165, 1.54) is 6.07 Å². The molecule has 1 aromatic carbocycles. The normalized spacial score (nSPS) is 14.0. The van der Waals surface area contributed by atoms with Crippen LogP contribution in [-0.4, -0.2) is 26.9 Å². The molecule has 1 aliphatic carbocycles. The van der Waals surface area contributed by atoms with Gasteiger partial charge in [0, 0.05) is 12.1 Å². The standard InChI is InChI=1S/C17H15FN4O/c1-23-14-7-3-2-6-13(14)22-17(15-12(18)5-4-10-19-15)20-16(21-22)11-8-9-11/h2-7,10-11H,8-9H2,1H3. The van der Waals surface area contributed by atoms with Crippen molar-refractivity contribution in [3.05, 3.63) is 54.2 Å². The second kappa shape index (κ2) is 5.46. The van der Waals surface area contributed by atoms with Gasteiger partial charge in [0.15, 0.2) is 17.5 Å². The number of nitrogens with zero attached hydrogens (tertiary/aromatic N) is 4. The quantitative estimate of drug-likeness (QED) is 0.741. The van der Waals surface area contributed by atoms with Crippen LogP contribution in [0.1, 0.15) is 24.6 Å². The first kappa shape index (κ1) is 13.9. The second-order valence-electron chi connectivity index (χ2n) is 5.49. The summed E-state index contributed by atoms with van der Waals surface area (Å²) < 4.78 is 21.2. The zero-order valence-electron chi connectivity index (χ0n) is 12.6. The van der Waals surface area contributed by atoms with E-state index < -0.39 is 5.82 Å². The Morgan fingerprint density at radius 3 is 2.74 bits per heavy atom. The van der Waals surface area contributed by atoms with Gasteiger partial charge in [0.1, 0.15) is 17.1 Å². The third kappa shape index (κ3) is 2.46. The predicted octanol–water partition coefficient (Wildman–Crippen LogP) is 3.35. The van der Waals surface area contributed by atoms with Gasteiger partial charge in [-0.25, -0.2) is 19.0 Å². The van der Waals surface area contributed by atoms with Gasteiger partial charge < -0.3 is 4.74 Å². The van der Waals surface area contributed by atoms with Crippen LogP contribution < -0.4 is 4.74 Å². The Morgan fingerprint density at radius 1 is 1.17 bits per heavy atom. The van der Waals surface area contributed by atoms with Crippen molar-refractivity contribution in [2.75, 3.05) is 7.11 Å². The lowest BCUT2D eigenvalue weighted by Crippen LogP contribution is -2.04. The van der Waals surface area contributed by atoms with Crippen LogP contribution in [0, 0.1) is 5.82 Å². The van der Waals surface area contributed by atoms with Gasteiger partial charge in [-0.3, -0.25) is 0 Å². The van der Waals surface area contributed by atoms with E-state index in [4.69, 9.17) is 4.74 Å². The molecular formula is C17H15FN4O. The van der Waals surface area contributed by atoms with Crippen LogP contribution in [0.5, 0.6) is 5.75 Å². The number of methoxy groups -OCH3 is 1. The average molecular weight is 310 g/mol. The lowest BCUT2D eigenvalue weighted by molar-refractivity contribution is 0.411. The van der Waals surface area contributed by atoms with Crippen LogP contribution in [0.4, 0.5) is 4.39 Å². The number of hydrogen-bond donors (Lipinski definition) is 0. The van der Waals surface area contributed by atoms with Gasteiger partial charge in [0.25, 0.3) is 0 Å². The molecule has 0 spiro atoms. The van der Waals surface area contributed by atoms with E-state index in [9.17, 15) is 4.39 Å². The maximum atomic E-state index is 14.2. The summed E-state index contributed by atoms with van der Waals surface area (Å²) in [4.78, 5) is 8.69. The smallest absolute Gasteiger partial charge is 0.185 e. The summed E-state index contributed by atoms with van der Waals surface area (Å²) in [6, 6.07) is 10.4. The summed E-state index contributed by atoms with van der Waals surface area (Å²) in [7, 11) is 1.60. The van der Waals surface area contributed by atoms with Gasteiger partial charge in [0.05, 0.1) is 7.11 Å². The molecule has 1 saturated carbocycles. The molecule has 2 heterocycles. The van der Waals surface area contributed by atoms with Gasteiger partial charge in [-0.15, -0.1) is 0 Å². The molecule has 4 rings (SSSR count). The third-order valence-corrected chi connectivity index (χ3v) is 3.85. The van der Waals surface area contributed by atoms with Crippen LogP contribution in [0.2, 0.25) is 0 Å². The van der Waals surface area contributed by atoms with Crippen molar-refractivity contribution in [2.24, 2.45) is 0 Å². The van der Waals surface area contributed by atoms with E-state index in [2.05, 4.69) is 15.1 Å². The Labute approximate surface area is 132 Å². The van der Waals surface area contributed by atoms with Gasteiger partial charge in [0.2, 0.25) is 0 Å². The van der Waals surface area contributed by atoms with Crippen LogP contribution in [0.25, 0.3) is 17.2 Å². The molecule has 0 saturated heterocycles. The molecule has 116 valence electrons. The molecule has 0 amide bonds. The summed E-state index contributed by atoms with van der Waals surface area (Å²) in [5, 5.41) is 4.59. The maximum absolute atomic E-state index is 14.2. The summed E-state index contributed by atoms with van der Waals surface area (Å²) in [5.74, 6) is 1.72. The zero-order chi connectivity index (χ0) is 15.8. The van der Waals surface area contributed by atoms with Crippen molar-refractivity contribution in [1.82, 2.24) is 19.7 Å². The molecule has 1 aliphatic rings. The average Bonchev–Trinajstić information content (AvgIpc) is 3.35. The predicted molar refractivity (Wildman–Crippen MR) is 83.1 cm³/mol. The highest BCUT2D eigenvalue weighted by atomic mass is 19.1. The fraction of sp³-hybridized carbons (Fsp3) is 0.235. The molecule has 0 bridgehead atoms. The lowest BCUT2D eigenvalue weighted by Gasteiger charge is -2.10. The van der Waals surface area contributed by atoms with Crippen LogP contribution >= 0.6 is 0 Å². The molecular weight excluding hydrogens is 295 g/mol. The van der Waals surface area contributed by atoms with Crippen molar-refractivity contribution in [3.63, 3.8) is 0 Å². The lowest BCUT2D eigenvalue weighted by atomic mass is 10.2. The van der Waals surface area contributed by atoms with Gasteiger partial charge in [-0.05, 0) is 37.1 Å². The van der Waals surface area contributed by atoms with E-state index >= 15 is 0 Å². The molecule has 1 fully saturated rings. The Balaban J connectivity index is 1.93. The monoisotopic (exact) mass is 310 g/mol. The van der Waals surface area contributed by atoms with Crippen molar-refractivity contribution >= 4 is 0 Å². The van der Waals surface area contributed by atoms with Gasteiger partial charge in [-0.1, -0.05) is 12.1 Å². The van der Waals surface area contributed by atoms with Gasteiger partial charge in [-0.2, -0.15) is 5.10 Å². The fourth-order valence-corrected chi connectivity index (χ4v) is 2.52. The number of benzene rings is 1. The minimum Gasteiger partial charge on any atom is -0.494 e. The molecule has 23 heavy (non-hydrogen) atoms. The summed E-state index contributed by atoms with van der Waals surface area (Å²) in [6.45, 7) is 0. The number of rotatable bonds is 4. The fourth-order valence-electron chi connectivity index (χ4n) is 2.52. The highest BCUT2D eigenvalue weighted by Crippen LogP contribution is 2.39. The Bertz CT molecular complexity index is 857. The Hall–Kier alpha value is -2.76. The van der Waals surface area contributed by atoms with E-state index in [1.807, 2.05) is 24.3 Å². The largest absolute Gasteiger partial charge is 0.494 e. The highest BCUT2D eigenvalue weighted by Gasteiger charge is 2.30. The van der Waals surface area contributed by atoms with Crippen molar-refractivity contribution in [3.8, 4) is 23.0 Å². The molecule has 0 unspecified atom stereocenters. The number of aromatic nitrogens is 4. The van der Waals surface area contributed by atoms with E-state index in [0.29, 0.717) is 17.5 Å². The molecule has 3 aromatic rings. The summed E-state index contributed by atoms with van der Waals surface area (Å²) in [6.07, 6.45) is 3.69. The molecule has 0 N–H and O–H groups in total. The van der Waals surface area contributed by atoms with Crippen LogP contribution in [-0.2, 0) is 0 Å². The van der Waals surface area contributed by atoms with E-state index in [-0.39, 0.29) is 5.69 Å². The Morgan fingerprint density at radius 2 is 2.00 bits per heavy atom. The van der Waals surface area contributed by atoms with Crippen LogP contribution in [0.15, 0.2) is 42.6 Å². The third-order valence-electron chi connectivity index (χ3n) is 3.85. The summed E-state index contributed by atoms with van der Waals surface area (Å²) in [5.41, 5.74) is 0.909. The highest BCUT2D eigenvalue weighted by molar-refractivity contribution is 5.57. The second-order valence-corrected chi connectivity index (χ2v) is 5.49. The van der Waals surface area contributed by atoms with Crippen molar-refractivity contribution in [2.45, 2.75) is 18.8 Å². The van der Waals surface area contributed by atoms with Crippen molar-refractivity contribution < 1.29 is 9.13 Å². The topological polar surface area (TPSA) is 52.8 Å². The number of para-hydroxylation sites is 2. The SMILES string of the molecule is COc1ccccc1-n1nc(C2CC2)nc1-c1ncccc1F. The number of halogens is 1. The maximum Gasteiger partial charge on any atom is 0.185 e. The molecule has 0 radical (unpaired) electrons. The first-order valence-corrected chi connectivity index (χ1v) is 7.49. The zero-order valence-corrected chi connectivity index (χ0v) is 12.6. The minimum absolute atomic E-state index is 0.192. The van der Waals surface area contributed by atoms with E-state index in [0.717, 1.165) is 24.4 Å². The van der Waals surface area contributed by atoms with E-state index in [1.54, 1.807) is 24.1 Å². The van der Waals surface area contributed by atoms with Gasteiger partial charge >= 0.3 is 0 Å². The molecule has 6 heteroatoms. The molecule has 5 nitrogen and oxygen atoms in total. The first-order valence-electron chi connectivity index (χ1n) is 7.49. The Kier molecular flexibility index (Phi) is 3.29. The number of pyridine rings is 1. The molecule has 0 aliphatic heterocycles. The van der Waals surface area contributed by atoms with Crippen LogP contribution in [0.3, 0.4) is 0 Å².